The van der Waals surface area contributed by atoms with E-state index in [-0.39, 0.29) is 23.9 Å². The molecule has 5 rings (SSSR count). The predicted molar refractivity (Wildman–Crippen MR) is 132 cm³/mol. The number of nitro benzene ring substituents is 1. The molecule has 0 saturated carbocycles. The second kappa shape index (κ2) is 8.95. The lowest BCUT2D eigenvalue weighted by Crippen LogP contribution is -2.31. The van der Waals surface area contributed by atoms with Crippen LogP contribution < -0.4 is 4.90 Å². The molecule has 1 unspecified atom stereocenters. The molecule has 1 fully saturated rings. The molecule has 8 nitrogen and oxygen atoms in total. The summed E-state index contributed by atoms with van der Waals surface area (Å²) in [4.78, 5) is 45.5. The highest BCUT2D eigenvalue weighted by molar-refractivity contribution is 8.00. The number of carbonyl (C=O) groups excluding carboxylic acids is 2. The number of anilines is 1. The summed E-state index contributed by atoms with van der Waals surface area (Å²) in [5.41, 5.74) is 2.93. The van der Waals surface area contributed by atoms with Crippen molar-refractivity contribution < 1.29 is 14.5 Å². The Morgan fingerprint density at radius 1 is 1.03 bits per heavy atom. The van der Waals surface area contributed by atoms with Crippen LogP contribution in [0.25, 0.3) is 10.9 Å². The van der Waals surface area contributed by atoms with E-state index >= 15 is 0 Å². The monoisotopic (exact) mass is 470 g/mol. The number of carbonyl (C=O) groups is 2. The Bertz CT molecular complexity index is 1430. The minimum Gasteiger partial charge on any atom is -0.361 e. The first-order chi connectivity index (χ1) is 16.5. The van der Waals surface area contributed by atoms with Crippen LogP contribution in [0.4, 0.5) is 17.1 Å². The van der Waals surface area contributed by atoms with Gasteiger partial charge in [0.05, 0.1) is 21.5 Å². The maximum absolute atomic E-state index is 13.0. The molecule has 0 spiro atoms. The van der Waals surface area contributed by atoms with Gasteiger partial charge in [-0.2, -0.15) is 0 Å². The number of imide groups is 1. The number of nitrogens with zero attached hydrogens (tertiary/aromatic N) is 3. The van der Waals surface area contributed by atoms with Crippen LogP contribution in [0.5, 0.6) is 0 Å². The first-order valence-corrected chi connectivity index (χ1v) is 11.3. The normalized spacial score (nSPS) is 16.1. The Morgan fingerprint density at radius 3 is 2.53 bits per heavy atom. The van der Waals surface area contributed by atoms with Crippen LogP contribution in [0.1, 0.15) is 12.0 Å². The smallest absolute Gasteiger partial charge is 0.269 e. The third kappa shape index (κ3) is 4.33. The van der Waals surface area contributed by atoms with Crippen LogP contribution in [0.15, 0.2) is 88.9 Å². The zero-order valence-corrected chi connectivity index (χ0v) is 18.6. The van der Waals surface area contributed by atoms with Crippen LogP contribution in [0.3, 0.4) is 0 Å². The van der Waals surface area contributed by atoms with E-state index < -0.39 is 10.2 Å². The average molecular weight is 471 g/mol. The van der Waals surface area contributed by atoms with E-state index in [1.807, 2.05) is 48.7 Å². The second-order valence-corrected chi connectivity index (χ2v) is 9.00. The van der Waals surface area contributed by atoms with Crippen molar-refractivity contribution in [3.05, 3.63) is 94.7 Å². The van der Waals surface area contributed by atoms with Gasteiger partial charge in [0.25, 0.3) is 5.69 Å². The number of rotatable bonds is 6. The molecule has 1 aromatic heterocycles. The molecule has 168 valence electrons. The number of aromatic amines is 1. The first-order valence-electron chi connectivity index (χ1n) is 10.5. The SMILES string of the molecule is O=C1CC(Sc2ccc(N=Cc3ccc([N+](=O)[O-])cc3)cc2)C(=O)N1c1ccc2cc[nH]c2c1. The minimum atomic E-state index is -0.485. The maximum Gasteiger partial charge on any atom is 0.269 e. The van der Waals surface area contributed by atoms with Gasteiger partial charge in [0.15, 0.2) is 0 Å². The number of nitrogens with one attached hydrogen (secondary N) is 1. The van der Waals surface area contributed by atoms with Crippen molar-refractivity contribution in [2.24, 2.45) is 4.99 Å². The van der Waals surface area contributed by atoms with E-state index in [4.69, 9.17) is 0 Å². The van der Waals surface area contributed by atoms with Gasteiger partial charge in [-0.3, -0.25) is 24.7 Å². The zero-order valence-electron chi connectivity index (χ0n) is 17.8. The van der Waals surface area contributed by atoms with E-state index in [1.54, 1.807) is 24.4 Å². The van der Waals surface area contributed by atoms with Crippen LogP contribution >= 0.6 is 11.8 Å². The fraction of sp³-hybridized carbons (Fsp3) is 0.0800. The topological polar surface area (TPSA) is 109 Å². The third-order valence-electron chi connectivity index (χ3n) is 5.48. The lowest BCUT2D eigenvalue weighted by atomic mass is 10.2. The third-order valence-corrected chi connectivity index (χ3v) is 6.68. The molecule has 2 heterocycles. The van der Waals surface area contributed by atoms with Gasteiger partial charge in [0.2, 0.25) is 11.8 Å². The molecule has 2 amide bonds. The zero-order chi connectivity index (χ0) is 23.7. The highest BCUT2D eigenvalue weighted by atomic mass is 32.2. The number of fused-ring (bicyclic) bond motifs is 1. The lowest BCUT2D eigenvalue weighted by molar-refractivity contribution is -0.384. The average Bonchev–Trinajstić information content (AvgIpc) is 3.42. The summed E-state index contributed by atoms with van der Waals surface area (Å²) in [5, 5.41) is 11.3. The molecular weight excluding hydrogens is 452 g/mol. The van der Waals surface area contributed by atoms with Crippen molar-refractivity contribution in [3.63, 3.8) is 0 Å². The fourth-order valence-corrected chi connectivity index (χ4v) is 4.80. The van der Waals surface area contributed by atoms with Crippen molar-refractivity contribution in [2.75, 3.05) is 4.90 Å². The number of benzene rings is 3. The summed E-state index contributed by atoms with van der Waals surface area (Å²) in [6.07, 6.45) is 3.59. The number of non-ortho nitro benzene ring substituents is 1. The molecule has 0 bridgehead atoms. The van der Waals surface area contributed by atoms with Gasteiger partial charge in [-0.25, -0.2) is 4.90 Å². The molecular formula is C25H18N4O4S. The number of nitro groups is 1. The van der Waals surface area contributed by atoms with Gasteiger partial charge in [-0.1, -0.05) is 6.07 Å². The summed E-state index contributed by atoms with van der Waals surface area (Å²) < 4.78 is 0. The Kier molecular flexibility index (Phi) is 5.69. The number of hydrogen-bond acceptors (Lipinski definition) is 6. The number of aliphatic imine (C=N–C) groups is 1. The van der Waals surface area contributed by atoms with Crippen LogP contribution in [-0.4, -0.2) is 33.2 Å². The maximum atomic E-state index is 13.0. The molecule has 0 radical (unpaired) electrons. The standard InChI is InChI=1S/C25H18N4O4S/c30-24-14-23(25(31)28(24)20-8-3-17-11-12-26-22(17)13-20)34-21-9-4-18(5-10-21)27-15-16-1-6-19(7-2-16)29(32)33/h1-13,15,23,26H,14H2. The highest BCUT2D eigenvalue weighted by Gasteiger charge is 2.40. The Hall–Kier alpha value is -4.24. The quantitative estimate of drug-likeness (QED) is 0.179. The van der Waals surface area contributed by atoms with Gasteiger partial charge in [-0.05, 0) is 65.5 Å². The molecule has 4 aromatic rings. The van der Waals surface area contributed by atoms with Crippen LogP contribution in [-0.2, 0) is 9.59 Å². The van der Waals surface area contributed by atoms with E-state index in [1.165, 1.54) is 28.8 Å². The molecule has 1 N–H and O–H groups in total. The van der Waals surface area contributed by atoms with Crippen molar-refractivity contribution in [1.29, 1.82) is 0 Å². The minimum absolute atomic E-state index is 0.0295. The first kappa shape index (κ1) is 21.6. The van der Waals surface area contributed by atoms with Crippen molar-refractivity contribution in [3.8, 4) is 0 Å². The van der Waals surface area contributed by atoms with Crippen LogP contribution in [0.2, 0.25) is 0 Å². The number of thioether (sulfide) groups is 1. The van der Waals surface area contributed by atoms with Gasteiger partial charge in [-0.15, -0.1) is 11.8 Å². The fourth-order valence-electron chi connectivity index (χ4n) is 3.75. The summed E-state index contributed by atoms with van der Waals surface area (Å²) in [6, 6.07) is 20.9. The van der Waals surface area contributed by atoms with E-state index in [2.05, 4.69) is 9.98 Å². The van der Waals surface area contributed by atoms with Gasteiger partial charge in [0, 0.05) is 41.4 Å². The summed E-state index contributed by atoms with van der Waals surface area (Å²) >= 11 is 1.36. The van der Waals surface area contributed by atoms with Crippen LogP contribution in [0, 0.1) is 10.1 Å². The largest absolute Gasteiger partial charge is 0.361 e. The number of aromatic nitrogens is 1. The molecule has 0 aliphatic carbocycles. The van der Waals surface area contributed by atoms with Crippen molar-refractivity contribution in [1.82, 2.24) is 4.98 Å². The summed E-state index contributed by atoms with van der Waals surface area (Å²) in [6.45, 7) is 0. The molecule has 1 atom stereocenters. The number of hydrogen-bond donors (Lipinski definition) is 1. The van der Waals surface area contributed by atoms with Gasteiger partial charge >= 0.3 is 0 Å². The predicted octanol–water partition coefficient (Wildman–Crippen LogP) is 5.25. The molecule has 34 heavy (non-hydrogen) atoms. The molecule has 3 aromatic carbocycles. The van der Waals surface area contributed by atoms with Gasteiger partial charge < -0.3 is 4.98 Å². The Morgan fingerprint density at radius 2 is 1.79 bits per heavy atom. The number of amides is 2. The van der Waals surface area contributed by atoms with Crippen molar-refractivity contribution >= 4 is 57.8 Å². The Labute approximate surface area is 198 Å². The Balaban J connectivity index is 1.25. The number of H-pyrrole nitrogens is 1. The molecule has 9 heteroatoms. The lowest BCUT2D eigenvalue weighted by Gasteiger charge is -2.15. The van der Waals surface area contributed by atoms with E-state index in [9.17, 15) is 19.7 Å². The van der Waals surface area contributed by atoms with E-state index in [0.717, 1.165) is 21.4 Å². The molecule has 1 aliphatic heterocycles. The summed E-state index contributed by atoms with van der Waals surface area (Å²) in [5.74, 6) is -0.432. The second-order valence-electron chi connectivity index (χ2n) is 7.73. The molecule has 1 saturated heterocycles. The summed E-state index contributed by atoms with van der Waals surface area (Å²) in [7, 11) is 0. The van der Waals surface area contributed by atoms with Crippen molar-refractivity contribution in [2.45, 2.75) is 16.6 Å². The molecule has 1 aliphatic rings. The van der Waals surface area contributed by atoms with E-state index in [0.29, 0.717) is 11.4 Å². The highest BCUT2D eigenvalue weighted by Crippen LogP contribution is 2.35. The van der Waals surface area contributed by atoms with Gasteiger partial charge in [0.1, 0.15) is 0 Å².